The Hall–Kier alpha value is -2.90. The maximum atomic E-state index is 13.4. The molecule has 1 atom stereocenters. The second kappa shape index (κ2) is 6.47. The summed E-state index contributed by atoms with van der Waals surface area (Å²) < 4.78 is 36.9. The number of ether oxygens (including phenoxy) is 1. The fourth-order valence-electron chi connectivity index (χ4n) is 1.77. The van der Waals surface area contributed by atoms with Crippen LogP contribution in [0.15, 0.2) is 41.1 Å². The van der Waals surface area contributed by atoms with Gasteiger partial charge in [-0.15, -0.1) is 10.2 Å². The van der Waals surface area contributed by atoms with Gasteiger partial charge in [-0.2, -0.15) is 0 Å². The fraction of sp³-hybridized carbons (Fsp3) is 0.200. The minimum Gasteiger partial charge on any atom is -0.469 e. The van der Waals surface area contributed by atoms with E-state index in [1.54, 1.807) is 12.1 Å². The smallest absolute Gasteiger partial charge is 0.250 e. The monoisotopic (exact) mass is 318 g/mol. The van der Waals surface area contributed by atoms with Crippen LogP contribution in [-0.4, -0.2) is 20.2 Å². The van der Waals surface area contributed by atoms with Gasteiger partial charge in [0.05, 0.1) is 11.3 Å². The topological polar surface area (TPSA) is 73.9 Å². The molecule has 8 heteroatoms. The third-order valence-electron chi connectivity index (χ3n) is 2.93. The molecule has 0 aliphatic heterocycles. The summed E-state index contributed by atoms with van der Waals surface area (Å²) in [6.07, 6.45) is 1.60. The van der Waals surface area contributed by atoms with E-state index in [4.69, 9.17) is 9.15 Å². The third-order valence-corrected chi connectivity index (χ3v) is 2.93. The van der Waals surface area contributed by atoms with Gasteiger partial charge in [0.25, 0.3) is 11.8 Å². The Morgan fingerprint density at radius 3 is 2.74 bits per heavy atom. The van der Waals surface area contributed by atoms with E-state index < -0.39 is 12.0 Å². The zero-order valence-corrected chi connectivity index (χ0v) is 12.1. The summed E-state index contributed by atoms with van der Waals surface area (Å²) in [5.74, 6) is -0.530. The summed E-state index contributed by atoms with van der Waals surface area (Å²) in [6, 6.07) is 6.09. The number of aromatic nitrogens is 4. The van der Waals surface area contributed by atoms with Gasteiger partial charge in [-0.1, -0.05) is 0 Å². The van der Waals surface area contributed by atoms with Gasteiger partial charge in [-0.25, -0.2) is 13.8 Å². The Balaban J connectivity index is 1.68. The van der Waals surface area contributed by atoms with E-state index in [1.165, 1.54) is 31.5 Å². The molecule has 0 fully saturated rings. The van der Waals surface area contributed by atoms with Gasteiger partial charge in [-0.3, -0.25) is 4.98 Å². The quantitative estimate of drug-likeness (QED) is 0.719. The van der Waals surface area contributed by atoms with Crippen molar-refractivity contribution in [1.29, 1.82) is 0 Å². The molecular weight excluding hydrogens is 306 g/mol. The van der Waals surface area contributed by atoms with E-state index in [0.717, 1.165) is 0 Å². The van der Waals surface area contributed by atoms with Crippen LogP contribution in [0.5, 0.6) is 5.88 Å². The number of hydrogen-bond donors (Lipinski definition) is 0. The van der Waals surface area contributed by atoms with Crippen LogP contribution in [0.3, 0.4) is 0 Å². The van der Waals surface area contributed by atoms with Crippen molar-refractivity contribution >= 4 is 0 Å². The average Bonchev–Trinajstić information content (AvgIpc) is 3.05. The fourth-order valence-corrected chi connectivity index (χ4v) is 1.77. The van der Waals surface area contributed by atoms with Gasteiger partial charge < -0.3 is 9.15 Å². The Bertz CT molecular complexity index is 790. The summed E-state index contributed by atoms with van der Waals surface area (Å²) in [7, 11) is 0. The molecule has 0 saturated carbocycles. The molecule has 0 amide bonds. The number of alkyl halides is 1. The van der Waals surface area contributed by atoms with Gasteiger partial charge >= 0.3 is 0 Å². The normalized spacial score (nSPS) is 12.1. The van der Waals surface area contributed by atoms with E-state index in [-0.39, 0.29) is 24.3 Å². The van der Waals surface area contributed by atoms with Gasteiger partial charge in [0.15, 0.2) is 12.0 Å². The van der Waals surface area contributed by atoms with Crippen LogP contribution >= 0.6 is 0 Å². The minimum atomic E-state index is -1.33. The second-order valence-corrected chi connectivity index (χ2v) is 4.68. The standard InChI is InChI=1S/C15H12F2N4O2/c1-9(16)13-20-21-14(23-13)10-4-5-11(19-7-10)8-22-15-12(17)3-2-6-18-15/h2-7,9H,8H2,1H3. The van der Waals surface area contributed by atoms with Crippen molar-refractivity contribution in [1.82, 2.24) is 20.2 Å². The summed E-state index contributed by atoms with van der Waals surface area (Å²) in [5, 5.41) is 7.36. The molecular formula is C15H12F2N4O2. The lowest BCUT2D eigenvalue weighted by molar-refractivity contribution is 0.273. The van der Waals surface area contributed by atoms with E-state index in [9.17, 15) is 8.78 Å². The Labute approximate surface area is 130 Å². The van der Waals surface area contributed by atoms with Crippen molar-refractivity contribution in [2.45, 2.75) is 19.7 Å². The number of nitrogens with zero attached hydrogens (tertiary/aromatic N) is 4. The molecule has 0 N–H and O–H groups in total. The molecule has 1 unspecified atom stereocenters. The Morgan fingerprint density at radius 2 is 2.09 bits per heavy atom. The van der Waals surface area contributed by atoms with Gasteiger partial charge in [0.2, 0.25) is 5.89 Å². The van der Waals surface area contributed by atoms with Gasteiger partial charge in [0, 0.05) is 12.4 Å². The lowest BCUT2D eigenvalue weighted by Gasteiger charge is -2.05. The van der Waals surface area contributed by atoms with Crippen molar-refractivity contribution in [3.8, 4) is 17.3 Å². The molecule has 3 aromatic rings. The zero-order chi connectivity index (χ0) is 16.2. The van der Waals surface area contributed by atoms with Crippen molar-refractivity contribution in [3.63, 3.8) is 0 Å². The summed E-state index contributed by atoms with van der Waals surface area (Å²) in [6.45, 7) is 1.37. The molecule has 23 heavy (non-hydrogen) atoms. The molecule has 6 nitrogen and oxygen atoms in total. The summed E-state index contributed by atoms with van der Waals surface area (Å²) in [5.41, 5.74) is 1.12. The molecule has 3 rings (SSSR count). The molecule has 0 aliphatic carbocycles. The maximum absolute atomic E-state index is 13.4. The lowest BCUT2D eigenvalue weighted by atomic mass is 10.2. The van der Waals surface area contributed by atoms with Crippen LogP contribution in [0.1, 0.15) is 24.7 Å². The number of halogens is 2. The molecule has 0 aliphatic rings. The molecule has 118 valence electrons. The molecule has 0 aromatic carbocycles. The van der Waals surface area contributed by atoms with E-state index in [0.29, 0.717) is 11.3 Å². The van der Waals surface area contributed by atoms with Crippen molar-refractivity contribution in [2.24, 2.45) is 0 Å². The van der Waals surface area contributed by atoms with Crippen LogP contribution in [-0.2, 0) is 6.61 Å². The molecule has 0 saturated heterocycles. The van der Waals surface area contributed by atoms with E-state index in [1.807, 2.05) is 0 Å². The lowest BCUT2D eigenvalue weighted by Crippen LogP contribution is -2.01. The highest BCUT2D eigenvalue weighted by molar-refractivity contribution is 5.50. The molecule has 3 aromatic heterocycles. The van der Waals surface area contributed by atoms with Crippen LogP contribution in [0.25, 0.3) is 11.5 Å². The number of hydrogen-bond acceptors (Lipinski definition) is 6. The van der Waals surface area contributed by atoms with Crippen molar-refractivity contribution < 1.29 is 17.9 Å². The van der Waals surface area contributed by atoms with Gasteiger partial charge in [0.1, 0.15) is 6.61 Å². The zero-order valence-electron chi connectivity index (χ0n) is 12.1. The molecule has 3 heterocycles. The first-order valence-electron chi connectivity index (χ1n) is 6.79. The number of pyridine rings is 2. The van der Waals surface area contributed by atoms with Crippen LogP contribution in [0.4, 0.5) is 8.78 Å². The minimum absolute atomic E-state index is 0.0603. The molecule has 0 bridgehead atoms. The Morgan fingerprint density at radius 1 is 1.22 bits per heavy atom. The summed E-state index contributed by atoms with van der Waals surface area (Å²) in [4.78, 5) is 7.94. The highest BCUT2D eigenvalue weighted by Crippen LogP contribution is 2.22. The van der Waals surface area contributed by atoms with Gasteiger partial charge in [-0.05, 0) is 31.2 Å². The predicted octanol–water partition coefficient (Wildman–Crippen LogP) is 3.28. The second-order valence-electron chi connectivity index (χ2n) is 4.68. The first-order chi connectivity index (χ1) is 11.1. The number of rotatable bonds is 5. The van der Waals surface area contributed by atoms with E-state index >= 15 is 0 Å². The molecule has 0 radical (unpaired) electrons. The van der Waals surface area contributed by atoms with Crippen molar-refractivity contribution in [3.05, 3.63) is 54.1 Å². The molecule has 0 spiro atoms. The van der Waals surface area contributed by atoms with Crippen LogP contribution in [0, 0.1) is 5.82 Å². The largest absolute Gasteiger partial charge is 0.469 e. The Kier molecular flexibility index (Phi) is 4.22. The highest BCUT2D eigenvalue weighted by atomic mass is 19.1. The third kappa shape index (κ3) is 3.47. The first-order valence-corrected chi connectivity index (χ1v) is 6.79. The average molecular weight is 318 g/mol. The van der Waals surface area contributed by atoms with Crippen LogP contribution in [0.2, 0.25) is 0 Å². The SMILES string of the molecule is CC(F)c1nnc(-c2ccc(COc3ncccc3F)nc2)o1. The highest BCUT2D eigenvalue weighted by Gasteiger charge is 2.14. The first kappa shape index (κ1) is 15.0. The summed E-state index contributed by atoms with van der Waals surface area (Å²) >= 11 is 0. The predicted molar refractivity (Wildman–Crippen MR) is 75.6 cm³/mol. The van der Waals surface area contributed by atoms with Crippen molar-refractivity contribution in [2.75, 3.05) is 0 Å². The van der Waals surface area contributed by atoms with Crippen LogP contribution < -0.4 is 4.74 Å². The maximum Gasteiger partial charge on any atom is 0.250 e. The van der Waals surface area contributed by atoms with E-state index in [2.05, 4.69) is 20.2 Å².